The summed E-state index contributed by atoms with van der Waals surface area (Å²) in [5.74, 6) is 2.06. The second-order valence-corrected chi connectivity index (χ2v) is 6.25. The number of hydrogen-bond donors (Lipinski definition) is 0. The van der Waals surface area contributed by atoms with Crippen molar-refractivity contribution >= 4 is 11.6 Å². The summed E-state index contributed by atoms with van der Waals surface area (Å²) in [7, 11) is 3.16. The van der Waals surface area contributed by atoms with Gasteiger partial charge < -0.3 is 24.0 Å². The van der Waals surface area contributed by atoms with Crippen LogP contribution in [0.2, 0.25) is 0 Å². The predicted octanol–water partition coefficient (Wildman–Crippen LogP) is 3.06. The van der Waals surface area contributed by atoms with E-state index in [9.17, 15) is 4.79 Å². The van der Waals surface area contributed by atoms with E-state index in [1.807, 2.05) is 30.0 Å². The Morgan fingerprint density at radius 1 is 0.963 bits per heavy atom. The monoisotopic (exact) mass is 370 g/mol. The first-order valence-electron chi connectivity index (χ1n) is 9.16. The van der Waals surface area contributed by atoms with Crippen LogP contribution in [0.15, 0.2) is 42.5 Å². The molecule has 0 bridgehead atoms. The van der Waals surface area contributed by atoms with Crippen LogP contribution in [0.1, 0.15) is 17.3 Å². The van der Waals surface area contributed by atoms with Crippen LogP contribution >= 0.6 is 0 Å². The molecule has 2 aromatic rings. The van der Waals surface area contributed by atoms with Gasteiger partial charge in [-0.1, -0.05) is 12.1 Å². The number of rotatable bonds is 6. The van der Waals surface area contributed by atoms with Crippen molar-refractivity contribution in [1.82, 2.24) is 4.90 Å². The van der Waals surface area contributed by atoms with Crippen molar-refractivity contribution < 1.29 is 19.0 Å². The fourth-order valence-electron chi connectivity index (χ4n) is 3.29. The zero-order valence-electron chi connectivity index (χ0n) is 16.1. The van der Waals surface area contributed by atoms with Gasteiger partial charge in [0.1, 0.15) is 17.2 Å². The number of piperazine rings is 1. The third kappa shape index (κ3) is 4.10. The minimum atomic E-state index is -0.0211. The van der Waals surface area contributed by atoms with Gasteiger partial charge in [-0.15, -0.1) is 0 Å². The van der Waals surface area contributed by atoms with E-state index in [1.165, 1.54) is 0 Å². The minimum Gasteiger partial charge on any atom is -0.497 e. The molecule has 0 atom stereocenters. The van der Waals surface area contributed by atoms with Gasteiger partial charge in [-0.3, -0.25) is 4.79 Å². The largest absolute Gasteiger partial charge is 0.497 e. The molecule has 0 spiro atoms. The van der Waals surface area contributed by atoms with Crippen LogP contribution in [0.25, 0.3) is 0 Å². The van der Waals surface area contributed by atoms with E-state index in [0.717, 1.165) is 24.5 Å². The van der Waals surface area contributed by atoms with Gasteiger partial charge in [0.15, 0.2) is 0 Å². The maximum absolute atomic E-state index is 13.0. The normalized spacial score (nSPS) is 14.0. The summed E-state index contributed by atoms with van der Waals surface area (Å²) in [6, 6.07) is 13.3. The fraction of sp³-hybridized carbons (Fsp3) is 0.381. The lowest BCUT2D eigenvalue weighted by Crippen LogP contribution is -2.49. The molecule has 0 unspecified atom stereocenters. The second-order valence-electron chi connectivity index (χ2n) is 6.25. The molecule has 1 amide bonds. The third-order valence-electron chi connectivity index (χ3n) is 4.71. The SMILES string of the molecule is CCOc1ccccc1N1CCN(C(=O)c2ccc(OC)cc2OC)CC1. The highest BCUT2D eigenvalue weighted by Gasteiger charge is 2.25. The molecule has 6 heteroatoms. The molecule has 6 nitrogen and oxygen atoms in total. The number of carbonyl (C=O) groups excluding carboxylic acids is 1. The van der Waals surface area contributed by atoms with E-state index in [2.05, 4.69) is 11.0 Å². The highest BCUT2D eigenvalue weighted by molar-refractivity contribution is 5.97. The van der Waals surface area contributed by atoms with Gasteiger partial charge >= 0.3 is 0 Å². The first-order chi connectivity index (χ1) is 13.2. The smallest absolute Gasteiger partial charge is 0.257 e. The van der Waals surface area contributed by atoms with E-state index in [4.69, 9.17) is 14.2 Å². The van der Waals surface area contributed by atoms with Crippen molar-refractivity contribution in [2.45, 2.75) is 6.92 Å². The summed E-state index contributed by atoms with van der Waals surface area (Å²) in [4.78, 5) is 17.1. The van der Waals surface area contributed by atoms with Crippen LogP contribution in [0, 0.1) is 0 Å². The first-order valence-corrected chi connectivity index (χ1v) is 9.16. The number of anilines is 1. The maximum atomic E-state index is 13.0. The Morgan fingerprint density at radius 2 is 1.70 bits per heavy atom. The van der Waals surface area contributed by atoms with Crippen LogP contribution < -0.4 is 19.1 Å². The van der Waals surface area contributed by atoms with Gasteiger partial charge in [-0.25, -0.2) is 0 Å². The van der Waals surface area contributed by atoms with Crippen molar-refractivity contribution in [3.63, 3.8) is 0 Å². The van der Waals surface area contributed by atoms with Crippen molar-refractivity contribution in [1.29, 1.82) is 0 Å². The van der Waals surface area contributed by atoms with Crippen LogP contribution in [-0.4, -0.2) is 57.8 Å². The van der Waals surface area contributed by atoms with Crippen molar-refractivity contribution in [3.05, 3.63) is 48.0 Å². The summed E-state index contributed by atoms with van der Waals surface area (Å²) in [5.41, 5.74) is 1.63. The average molecular weight is 370 g/mol. The van der Waals surface area contributed by atoms with Gasteiger partial charge in [0.05, 0.1) is 32.1 Å². The standard InChI is InChI=1S/C21H26N2O4/c1-4-27-19-8-6-5-7-18(19)22-11-13-23(14-12-22)21(24)17-10-9-16(25-2)15-20(17)26-3/h5-10,15H,4,11-14H2,1-3H3. The van der Waals surface area contributed by atoms with E-state index in [-0.39, 0.29) is 5.91 Å². The molecule has 0 N–H and O–H groups in total. The van der Waals surface area contributed by atoms with Gasteiger partial charge in [0.25, 0.3) is 5.91 Å². The molecule has 1 fully saturated rings. The van der Waals surface area contributed by atoms with Crippen molar-refractivity contribution in [3.8, 4) is 17.2 Å². The molecule has 0 radical (unpaired) electrons. The average Bonchev–Trinajstić information content (AvgIpc) is 2.73. The zero-order chi connectivity index (χ0) is 19.2. The Morgan fingerprint density at radius 3 is 2.37 bits per heavy atom. The number of methoxy groups -OCH3 is 2. The topological polar surface area (TPSA) is 51.2 Å². The van der Waals surface area contributed by atoms with Crippen LogP contribution in [-0.2, 0) is 0 Å². The summed E-state index contributed by atoms with van der Waals surface area (Å²) in [5, 5.41) is 0. The Hall–Kier alpha value is -2.89. The minimum absolute atomic E-state index is 0.0211. The number of benzene rings is 2. The number of hydrogen-bond acceptors (Lipinski definition) is 5. The fourth-order valence-corrected chi connectivity index (χ4v) is 3.29. The van der Waals surface area contributed by atoms with Crippen LogP contribution in [0.3, 0.4) is 0 Å². The summed E-state index contributed by atoms with van der Waals surface area (Å²) in [6.45, 7) is 5.42. The Balaban J connectivity index is 1.70. The van der Waals surface area contributed by atoms with E-state index >= 15 is 0 Å². The Kier molecular flexibility index (Phi) is 6.06. The quantitative estimate of drug-likeness (QED) is 0.782. The summed E-state index contributed by atoms with van der Waals surface area (Å²) >= 11 is 0. The van der Waals surface area contributed by atoms with E-state index < -0.39 is 0 Å². The molecule has 27 heavy (non-hydrogen) atoms. The van der Waals surface area contributed by atoms with Gasteiger partial charge in [-0.2, -0.15) is 0 Å². The molecular formula is C21H26N2O4. The van der Waals surface area contributed by atoms with E-state index in [0.29, 0.717) is 36.8 Å². The molecule has 0 saturated carbocycles. The molecular weight excluding hydrogens is 344 g/mol. The zero-order valence-corrected chi connectivity index (χ0v) is 16.1. The number of carbonyl (C=O) groups is 1. The van der Waals surface area contributed by atoms with Gasteiger partial charge in [0.2, 0.25) is 0 Å². The van der Waals surface area contributed by atoms with Gasteiger partial charge in [0, 0.05) is 32.2 Å². The molecule has 144 valence electrons. The molecule has 1 aliphatic rings. The highest BCUT2D eigenvalue weighted by atomic mass is 16.5. The first kappa shape index (κ1) is 18.9. The molecule has 3 rings (SSSR count). The highest BCUT2D eigenvalue weighted by Crippen LogP contribution is 2.30. The summed E-state index contributed by atoms with van der Waals surface area (Å²) in [6.07, 6.45) is 0. The van der Waals surface area contributed by atoms with Gasteiger partial charge in [-0.05, 0) is 31.2 Å². The molecule has 1 heterocycles. The number of para-hydroxylation sites is 2. The predicted molar refractivity (Wildman–Crippen MR) is 105 cm³/mol. The molecule has 0 aliphatic carbocycles. The molecule has 2 aromatic carbocycles. The van der Waals surface area contributed by atoms with Crippen LogP contribution in [0.5, 0.6) is 17.2 Å². The Labute approximate surface area is 160 Å². The molecule has 0 aromatic heterocycles. The third-order valence-corrected chi connectivity index (χ3v) is 4.71. The maximum Gasteiger partial charge on any atom is 0.257 e. The summed E-state index contributed by atoms with van der Waals surface area (Å²) < 4.78 is 16.3. The number of amides is 1. The Bertz CT molecular complexity index is 786. The molecule has 1 aliphatic heterocycles. The van der Waals surface area contributed by atoms with Crippen molar-refractivity contribution in [2.75, 3.05) is 51.9 Å². The lowest BCUT2D eigenvalue weighted by atomic mass is 10.1. The molecule has 1 saturated heterocycles. The van der Waals surface area contributed by atoms with E-state index in [1.54, 1.807) is 32.4 Å². The lowest BCUT2D eigenvalue weighted by molar-refractivity contribution is 0.0743. The lowest BCUT2D eigenvalue weighted by Gasteiger charge is -2.36. The second kappa shape index (κ2) is 8.66. The van der Waals surface area contributed by atoms with Crippen LogP contribution in [0.4, 0.5) is 5.69 Å². The number of ether oxygens (including phenoxy) is 3. The van der Waals surface area contributed by atoms with Crippen molar-refractivity contribution in [2.24, 2.45) is 0 Å². The number of nitrogens with zero attached hydrogens (tertiary/aromatic N) is 2.